The van der Waals surface area contributed by atoms with E-state index in [0.29, 0.717) is 26.1 Å². The summed E-state index contributed by atoms with van der Waals surface area (Å²) in [6.45, 7) is 4.57. The molecule has 98 valence electrons. The topological polar surface area (TPSA) is 84.5 Å². The summed E-state index contributed by atoms with van der Waals surface area (Å²) < 4.78 is 4.69. The number of amides is 2. The lowest BCUT2D eigenvalue weighted by atomic mass is 10.3. The number of nitrogens with one attached hydrogen (secondary N) is 2. The number of hydrogen-bond acceptors (Lipinski definition) is 4. The van der Waals surface area contributed by atoms with Gasteiger partial charge in [-0.2, -0.15) is 0 Å². The number of carbonyl (C=O) groups is 3. The van der Waals surface area contributed by atoms with Crippen molar-refractivity contribution in [3.05, 3.63) is 0 Å². The quantitative estimate of drug-likeness (QED) is 0.464. The predicted octanol–water partition coefficient (Wildman–Crippen LogP) is -0.0279. The number of rotatable bonds is 8. The zero-order valence-electron chi connectivity index (χ0n) is 10.4. The van der Waals surface area contributed by atoms with Crippen molar-refractivity contribution in [1.29, 1.82) is 0 Å². The Bertz CT molecular complexity index is 266. The summed E-state index contributed by atoms with van der Waals surface area (Å²) >= 11 is 0. The highest BCUT2D eigenvalue weighted by Gasteiger charge is 2.06. The largest absolute Gasteiger partial charge is 0.466 e. The van der Waals surface area contributed by atoms with Crippen LogP contribution in [0.2, 0.25) is 0 Å². The Kier molecular flexibility index (Phi) is 8.72. The van der Waals surface area contributed by atoms with Gasteiger partial charge in [0.15, 0.2) is 0 Å². The summed E-state index contributed by atoms with van der Waals surface area (Å²) in [6.07, 6.45) is 0.623. The van der Waals surface area contributed by atoms with Crippen molar-refractivity contribution >= 4 is 17.8 Å². The Morgan fingerprint density at radius 1 is 0.941 bits per heavy atom. The zero-order chi connectivity index (χ0) is 13.1. The average molecular weight is 244 g/mol. The first kappa shape index (κ1) is 15.4. The molecule has 0 unspecified atom stereocenters. The van der Waals surface area contributed by atoms with Gasteiger partial charge in [0.05, 0.1) is 13.0 Å². The zero-order valence-corrected chi connectivity index (χ0v) is 10.4. The number of ether oxygens (including phenoxy) is 1. The van der Waals surface area contributed by atoms with Gasteiger partial charge in [-0.15, -0.1) is 0 Å². The van der Waals surface area contributed by atoms with Crippen LogP contribution in [0.25, 0.3) is 0 Å². The van der Waals surface area contributed by atoms with Crippen LogP contribution < -0.4 is 10.6 Å². The first-order chi connectivity index (χ1) is 8.10. The summed E-state index contributed by atoms with van der Waals surface area (Å²) in [5, 5.41) is 5.23. The molecule has 0 saturated heterocycles. The molecular weight excluding hydrogens is 224 g/mol. The Morgan fingerprint density at radius 3 is 2.06 bits per heavy atom. The molecule has 0 aromatic heterocycles. The molecule has 17 heavy (non-hydrogen) atoms. The molecule has 0 aromatic carbocycles. The van der Waals surface area contributed by atoms with Crippen LogP contribution in [0.15, 0.2) is 0 Å². The second kappa shape index (κ2) is 9.62. The van der Waals surface area contributed by atoms with E-state index in [4.69, 9.17) is 0 Å². The second-order valence-electron chi connectivity index (χ2n) is 3.36. The van der Waals surface area contributed by atoms with E-state index >= 15 is 0 Å². The molecule has 0 aromatic rings. The van der Waals surface area contributed by atoms with Crippen molar-refractivity contribution in [1.82, 2.24) is 10.6 Å². The Balaban J connectivity index is 3.47. The molecule has 0 heterocycles. The molecular formula is C11H20N2O4. The molecule has 2 N–H and O–H groups in total. The molecule has 2 amide bonds. The second-order valence-corrected chi connectivity index (χ2v) is 3.36. The molecule has 0 fully saturated rings. The van der Waals surface area contributed by atoms with Crippen LogP contribution >= 0.6 is 0 Å². The van der Waals surface area contributed by atoms with Gasteiger partial charge in [-0.05, 0) is 6.92 Å². The third-order valence-corrected chi connectivity index (χ3v) is 1.95. The van der Waals surface area contributed by atoms with Crippen LogP contribution in [0.3, 0.4) is 0 Å². The fourth-order valence-electron chi connectivity index (χ4n) is 1.07. The number of esters is 1. The first-order valence-electron chi connectivity index (χ1n) is 5.79. The van der Waals surface area contributed by atoms with Crippen molar-refractivity contribution in [3.8, 4) is 0 Å². The van der Waals surface area contributed by atoms with E-state index in [2.05, 4.69) is 15.4 Å². The Morgan fingerprint density at radius 2 is 1.53 bits per heavy atom. The van der Waals surface area contributed by atoms with E-state index in [1.54, 1.807) is 13.8 Å². The Hall–Kier alpha value is -1.59. The minimum absolute atomic E-state index is 0.0502. The van der Waals surface area contributed by atoms with E-state index in [1.165, 1.54) is 0 Å². The predicted molar refractivity (Wildman–Crippen MR) is 62.2 cm³/mol. The summed E-state index contributed by atoms with van der Waals surface area (Å²) in [6, 6.07) is 0. The van der Waals surface area contributed by atoms with E-state index < -0.39 is 0 Å². The van der Waals surface area contributed by atoms with Gasteiger partial charge in [-0.1, -0.05) is 6.92 Å². The SMILES string of the molecule is CCOC(=O)CCC(=O)NCCNC(=O)CC. The van der Waals surface area contributed by atoms with E-state index in [0.717, 1.165) is 0 Å². The molecule has 0 aliphatic rings. The normalized spacial score (nSPS) is 9.53. The molecule has 0 aliphatic carbocycles. The van der Waals surface area contributed by atoms with Gasteiger partial charge in [0.2, 0.25) is 11.8 Å². The average Bonchev–Trinajstić information content (AvgIpc) is 2.32. The van der Waals surface area contributed by atoms with Crippen LogP contribution in [0.5, 0.6) is 0 Å². The molecule has 0 atom stereocenters. The van der Waals surface area contributed by atoms with Crippen LogP contribution in [0, 0.1) is 0 Å². The maximum Gasteiger partial charge on any atom is 0.306 e. The minimum Gasteiger partial charge on any atom is -0.466 e. The maximum atomic E-state index is 11.2. The third kappa shape index (κ3) is 9.35. The van der Waals surface area contributed by atoms with Gasteiger partial charge in [0, 0.05) is 25.9 Å². The lowest BCUT2D eigenvalue weighted by molar-refractivity contribution is -0.144. The smallest absolute Gasteiger partial charge is 0.306 e. The summed E-state index contributed by atoms with van der Waals surface area (Å²) in [5.74, 6) is -0.642. The van der Waals surface area contributed by atoms with E-state index in [-0.39, 0.29) is 30.6 Å². The lowest BCUT2D eigenvalue weighted by Gasteiger charge is -2.06. The number of hydrogen-bond donors (Lipinski definition) is 2. The number of carbonyl (C=O) groups excluding carboxylic acids is 3. The van der Waals surface area contributed by atoms with Crippen LogP contribution in [0.1, 0.15) is 33.1 Å². The fraction of sp³-hybridized carbons (Fsp3) is 0.727. The highest BCUT2D eigenvalue weighted by atomic mass is 16.5. The van der Waals surface area contributed by atoms with Crippen molar-refractivity contribution in [2.24, 2.45) is 0 Å². The molecule has 0 aliphatic heterocycles. The molecule has 0 spiro atoms. The molecule has 0 rings (SSSR count). The highest BCUT2D eigenvalue weighted by molar-refractivity contribution is 5.81. The lowest BCUT2D eigenvalue weighted by Crippen LogP contribution is -2.34. The van der Waals surface area contributed by atoms with Gasteiger partial charge in [-0.25, -0.2) is 0 Å². The molecule has 6 heteroatoms. The molecule has 0 saturated carbocycles. The molecule has 6 nitrogen and oxygen atoms in total. The summed E-state index contributed by atoms with van der Waals surface area (Å²) in [7, 11) is 0. The fourth-order valence-corrected chi connectivity index (χ4v) is 1.07. The van der Waals surface area contributed by atoms with Crippen molar-refractivity contribution in [2.75, 3.05) is 19.7 Å². The van der Waals surface area contributed by atoms with Crippen molar-refractivity contribution < 1.29 is 19.1 Å². The maximum absolute atomic E-state index is 11.2. The van der Waals surface area contributed by atoms with Crippen LogP contribution in [-0.4, -0.2) is 37.5 Å². The first-order valence-corrected chi connectivity index (χ1v) is 5.79. The summed E-state index contributed by atoms with van der Waals surface area (Å²) in [5.41, 5.74) is 0. The van der Waals surface area contributed by atoms with Gasteiger partial charge in [-0.3, -0.25) is 14.4 Å². The van der Waals surface area contributed by atoms with Crippen molar-refractivity contribution in [3.63, 3.8) is 0 Å². The van der Waals surface area contributed by atoms with Gasteiger partial charge < -0.3 is 15.4 Å². The molecule has 0 radical (unpaired) electrons. The van der Waals surface area contributed by atoms with Gasteiger partial charge >= 0.3 is 5.97 Å². The van der Waals surface area contributed by atoms with Gasteiger partial charge in [0.1, 0.15) is 0 Å². The van der Waals surface area contributed by atoms with Crippen LogP contribution in [-0.2, 0) is 19.1 Å². The van der Waals surface area contributed by atoms with E-state index in [1.807, 2.05) is 0 Å². The minimum atomic E-state index is -0.373. The van der Waals surface area contributed by atoms with Crippen molar-refractivity contribution in [2.45, 2.75) is 33.1 Å². The monoisotopic (exact) mass is 244 g/mol. The Labute approximate surface area is 101 Å². The molecule has 0 bridgehead atoms. The standard InChI is InChI=1S/C11H20N2O4/c1-3-9(14)12-7-8-13-10(15)5-6-11(16)17-4-2/h3-8H2,1-2H3,(H,12,14)(H,13,15). The van der Waals surface area contributed by atoms with Crippen LogP contribution in [0.4, 0.5) is 0 Å². The van der Waals surface area contributed by atoms with E-state index in [9.17, 15) is 14.4 Å². The highest BCUT2D eigenvalue weighted by Crippen LogP contribution is 1.92. The third-order valence-electron chi connectivity index (χ3n) is 1.95. The summed E-state index contributed by atoms with van der Waals surface area (Å²) in [4.78, 5) is 33.0. The van der Waals surface area contributed by atoms with Gasteiger partial charge in [0.25, 0.3) is 0 Å².